The fourth-order valence-electron chi connectivity index (χ4n) is 2.01. The zero-order valence-corrected chi connectivity index (χ0v) is 11.1. The third-order valence-electron chi connectivity index (χ3n) is 3.19. The molecule has 0 bridgehead atoms. The van der Waals surface area contributed by atoms with Crippen molar-refractivity contribution in [3.63, 3.8) is 0 Å². The Bertz CT molecular complexity index is 465. The van der Waals surface area contributed by atoms with Gasteiger partial charge in [0.05, 0.1) is 6.54 Å². The highest BCUT2D eigenvalue weighted by molar-refractivity contribution is 5.84. The second-order valence-electron chi connectivity index (χ2n) is 4.69. The Balaban J connectivity index is 1.67. The second kappa shape index (κ2) is 6.95. The van der Waals surface area contributed by atoms with Crippen molar-refractivity contribution in [2.24, 2.45) is 5.92 Å². The lowest BCUT2D eigenvalue weighted by Crippen LogP contribution is -2.39. The van der Waals surface area contributed by atoms with Gasteiger partial charge in [0.25, 0.3) is 0 Å². The van der Waals surface area contributed by atoms with Gasteiger partial charge in [-0.3, -0.25) is 0 Å². The van der Waals surface area contributed by atoms with E-state index in [9.17, 15) is 9.59 Å². The number of furan rings is 1. The molecule has 0 aromatic carbocycles. The number of carbonyl (C=O) groups is 2. The summed E-state index contributed by atoms with van der Waals surface area (Å²) in [5.74, 6) is -0.398. The highest BCUT2D eigenvalue weighted by Crippen LogP contribution is 2.13. The molecule has 0 spiro atoms. The van der Waals surface area contributed by atoms with E-state index >= 15 is 0 Å². The number of urea groups is 1. The molecule has 0 unspecified atom stereocenters. The van der Waals surface area contributed by atoms with E-state index in [-0.39, 0.29) is 18.3 Å². The molecule has 1 aliphatic heterocycles. The molecule has 7 heteroatoms. The van der Waals surface area contributed by atoms with Gasteiger partial charge >= 0.3 is 12.0 Å². The highest BCUT2D eigenvalue weighted by atomic mass is 16.5. The molecule has 1 aromatic rings. The summed E-state index contributed by atoms with van der Waals surface area (Å²) in [6.45, 7) is 2.28. The highest BCUT2D eigenvalue weighted by Gasteiger charge is 2.15. The standard InChI is InChI=1S/C13H18N2O5/c16-12(17)11-2-1-10(20-11)8-15-13(18)14-7-9-3-5-19-6-4-9/h1-2,9H,3-8H2,(H,16,17)(H2,14,15,18). The molecule has 7 nitrogen and oxygen atoms in total. The van der Waals surface area contributed by atoms with Crippen molar-refractivity contribution < 1.29 is 23.8 Å². The molecule has 2 amide bonds. The summed E-state index contributed by atoms with van der Waals surface area (Å²) in [5.41, 5.74) is 0. The van der Waals surface area contributed by atoms with E-state index in [1.54, 1.807) is 0 Å². The van der Waals surface area contributed by atoms with Gasteiger partial charge in [-0.05, 0) is 30.9 Å². The van der Waals surface area contributed by atoms with Crippen molar-refractivity contribution >= 4 is 12.0 Å². The minimum Gasteiger partial charge on any atom is -0.475 e. The maximum Gasteiger partial charge on any atom is 0.371 e. The van der Waals surface area contributed by atoms with Crippen LogP contribution in [0.2, 0.25) is 0 Å². The number of carboxylic acids is 1. The molecule has 0 saturated carbocycles. The Morgan fingerprint density at radius 1 is 1.25 bits per heavy atom. The van der Waals surface area contributed by atoms with Crippen LogP contribution in [0.4, 0.5) is 4.79 Å². The Kier molecular flexibility index (Phi) is 5.00. The Hall–Kier alpha value is -2.02. The van der Waals surface area contributed by atoms with Crippen LogP contribution in [-0.2, 0) is 11.3 Å². The normalized spacial score (nSPS) is 15.8. The predicted octanol–water partition coefficient (Wildman–Crippen LogP) is 1.20. The van der Waals surface area contributed by atoms with Crippen LogP contribution in [0.3, 0.4) is 0 Å². The van der Waals surface area contributed by atoms with E-state index in [1.807, 2.05) is 0 Å². The average molecular weight is 282 g/mol. The van der Waals surface area contributed by atoms with Crippen molar-refractivity contribution in [1.29, 1.82) is 0 Å². The molecule has 2 heterocycles. The lowest BCUT2D eigenvalue weighted by molar-refractivity contribution is 0.0658. The largest absolute Gasteiger partial charge is 0.475 e. The molecule has 1 saturated heterocycles. The van der Waals surface area contributed by atoms with Crippen LogP contribution in [0, 0.1) is 5.92 Å². The molecule has 2 rings (SSSR count). The van der Waals surface area contributed by atoms with E-state index < -0.39 is 5.97 Å². The van der Waals surface area contributed by atoms with Gasteiger partial charge in [-0.1, -0.05) is 0 Å². The quantitative estimate of drug-likeness (QED) is 0.753. The number of hydrogen-bond acceptors (Lipinski definition) is 4. The van der Waals surface area contributed by atoms with Gasteiger partial charge in [0.15, 0.2) is 0 Å². The fraction of sp³-hybridized carbons (Fsp3) is 0.538. The molecule has 110 valence electrons. The number of nitrogens with one attached hydrogen (secondary N) is 2. The first-order valence-corrected chi connectivity index (χ1v) is 6.56. The summed E-state index contributed by atoms with van der Waals surface area (Å²) in [6, 6.07) is 2.60. The summed E-state index contributed by atoms with van der Waals surface area (Å²) < 4.78 is 10.3. The number of ether oxygens (including phenoxy) is 1. The molecule has 0 aliphatic carbocycles. The minimum atomic E-state index is -1.12. The van der Waals surface area contributed by atoms with Crippen LogP contribution in [0.1, 0.15) is 29.2 Å². The average Bonchev–Trinajstić information content (AvgIpc) is 2.93. The summed E-state index contributed by atoms with van der Waals surface area (Å²) in [5, 5.41) is 14.1. The number of amides is 2. The van der Waals surface area contributed by atoms with E-state index in [4.69, 9.17) is 14.3 Å². The van der Waals surface area contributed by atoms with Crippen LogP contribution in [0.15, 0.2) is 16.5 Å². The molecule has 20 heavy (non-hydrogen) atoms. The number of carboxylic acid groups (broad SMARTS) is 1. The lowest BCUT2D eigenvalue weighted by atomic mass is 10.0. The van der Waals surface area contributed by atoms with Crippen LogP contribution < -0.4 is 10.6 Å². The SMILES string of the molecule is O=C(NCc1ccc(C(=O)O)o1)NCC1CCOCC1. The van der Waals surface area contributed by atoms with Crippen molar-refractivity contribution in [3.8, 4) is 0 Å². The number of aromatic carboxylic acids is 1. The van der Waals surface area contributed by atoms with Crippen molar-refractivity contribution in [3.05, 3.63) is 23.7 Å². The lowest BCUT2D eigenvalue weighted by Gasteiger charge is -2.22. The van der Waals surface area contributed by atoms with Crippen LogP contribution >= 0.6 is 0 Å². The smallest absolute Gasteiger partial charge is 0.371 e. The van der Waals surface area contributed by atoms with Gasteiger partial charge in [0.1, 0.15) is 5.76 Å². The molecule has 1 aromatic heterocycles. The summed E-state index contributed by atoms with van der Waals surface area (Å²) in [6.07, 6.45) is 1.92. The van der Waals surface area contributed by atoms with Crippen LogP contribution in [0.5, 0.6) is 0 Å². The zero-order valence-electron chi connectivity index (χ0n) is 11.1. The first kappa shape index (κ1) is 14.4. The topological polar surface area (TPSA) is 101 Å². The first-order valence-electron chi connectivity index (χ1n) is 6.56. The van der Waals surface area contributed by atoms with Crippen LogP contribution in [-0.4, -0.2) is 36.9 Å². The van der Waals surface area contributed by atoms with Crippen molar-refractivity contribution in [1.82, 2.24) is 10.6 Å². The third kappa shape index (κ3) is 4.27. The molecule has 1 aliphatic rings. The Morgan fingerprint density at radius 2 is 2.00 bits per heavy atom. The molecule has 1 fully saturated rings. The monoisotopic (exact) mass is 282 g/mol. The molecule has 3 N–H and O–H groups in total. The number of carbonyl (C=O) groups excluding carboxylic acids is 1. The molecule has 0 atom stereocenters. The van der Waals surface area contributed by atoms with E-state index in [2.05, 4.69) is 10.6 Å². The summed E-state index contributed by atoms with van der Waals surface area (Å²) >= 11 is 0. The minimum absolute atomic E-state index is 0.135. The molecular formula is C13H18N2O5. The fourth-order valence-corrected chi connectivity index (χ4v) is 2.01. The maximum atomic E-state index is 11.6. The van der Waals surface area contributed by atoms with Gasteiger partial charge in [-0.2, -0.15) is 0 Å². The van der Waals surface area contributed by atoms with Gasteiger partial charge in [0, 0.05) is 19.8 Å². The Labute approximate surface area is 116 Å². The maximum absolute atomic E-state index is 11.6. The van der Waals surface area contributed by atoms with E-state index in [0.717, 1.165) is 26.1 Å². The molecular weight excluding hydrogens is 264 g/mol. The summed E-state index contributed by atoms with van der Waals surface area (Å²) in [4.78, 5) is 22.2. The third-order valence-corrected chi connectivity index (χ3v) is 3.19. The van der Waals surface area contributed by atoms with Crippen molar-refractivity contribution in [2.75, 3.05) is 19.8 Å². The second-order valence-corrected chi connectivity index (χ2v) is 4.69. The predicted molar refractivity (Wildman–Crippen MR) is 69.4 cm³/mol. The summed E-state index contributed by atoms with van der Waals surface area (Å²) in [7, 11) is 0. The van der Waals surface area contributed by atoms with E-state index in [0.29, 0.717) is 18.2 Å². The van der Waals surface area contributed by atoms with Crippen LogP contribution in [0.25, 0.3) is 0 Å². The number of hydrogen-bond donors (Lipinski definition) is 3. The number of rotatable bonds is 5. The van der Waals surface area contributed by atoms with Gasteiger partial charge < -0.3 is 24.9 Å². The zero-order chi connectivity index (χ0) is 14.4. The van der Waals surface area contributed by atoms with Gasteiger partial charge in [-0.25, -0.2) is 9.59 Å². The van der Waals surface area contributed by atoms with Gasteiger partial charge in [-0.15, -0.1) is 0 Å². The first-order chi connectivity index (χ1) is 9.65. The van der Waals surface area contributed by atoms with Gasteiger partial charge in [0.2, 0.25) is 5.76 Å². The van der Waals surface area contributed by atoms with E-state index in [1.165, 1.54) is 12.1 Å². The Morgan fingerprint density at radius 3 is 2.65 bits per heavy atom. The van der Waals surface area contributed by atoms with Crippen molar-refractivity contribution in [2.45, 2.75) is 19.4 Å². The molecule has 0 radical (unpaired) electrons.